The van der Waals surface area contributed by atoms with Crippen LogP contribution in [0.5, 0.6) is 0 Å². The molecule has 1 aromatic heterocycles. The summed E-state index contributed by atoms with van der Waals surface area (Å²) in [7, 11) is 0. The van der Waals surface area contributed by atoms with Gasteiger partial charge >= 0.3 is 0 Å². The van der Waals surface area contributed by atoms with E-state index < -0.39 is 0 Å². The molecule has 1 aromatic rings. The predicted octanol–water partition coefficient (Wildman–Crippen LogP) is 3.36. The van der Waals surface area contributed by atoms with Gasteiger partial charge < -0.3 is 0 Å². The van der Waals surface area contributed by atoms with Crippen LogP contribution in [-0.4, -0.2) is 9.97 Å². The summed E-state index contributed by atoms with van der Waals surface area (Å²) >= 11 is 0. The van der Waals surface area contributed by atoms with Gasteiger partial charge in [-0.3, -0.25) is 9.97 Å². The van der Waals surface area contributed by atoms with Crippen molar-refractivity contribution in [3.63, 3.8) is 0 Å². The Hall–Kier alpha value is -0.920. The monoisotopic (exact) mass is 180 g/mol. The highest BCUT2D eigenvalue weighted by atomic mass is 14.8. The lowest BCUT2D eigenvalue weighted by atomic mass is 10.0. The molecule has 0 atom stereocenters. The lowest BCUT2D eigenvalue weighted by molar-refractivity contribution is 0.726. The summed E-state index contributed by atoms with van der Waals surface area (Å²) in [5.41, 5.74) is 2.26. The quantitative estimate of drug-likeness (QED) is 0.697. The molecule has 0 saturated heterocycles. The van der Waals surface area contributed by atoms with Crippen molar-refractivity contribution < 1.29 is 0 Å². The lowest BCUT2D eigenvalue weighted by Gasteiger charge is -2.11. The fourth-order valence-corrected chi connectivity index (χ4v) is 1.25. The van der Waals surface area contributed by atoms with Crippen molar-refractivity contribution in [2.24, 2.45) is 0 Å². The molecule has 0 fully saturated rings. The second-order valence-electron chi connectivity index (χ2n) is 3.64. The summed E-state index contributed by atoms with van der Waals surface area (Å²) in [4.78, 5) is 8.67. The summed E-state index contributed by atoms with van der Waals surface area (Å²) in [5.74, 6) is 0.937. The Kier molecular flexibility index (Phi) is 4.60. The lowest BCUT2D eigenvalue weighted by Crippen LogP contribution is -2.03. The maximum absolute atomic E-state index is 4.34. The summed E-state index contributed by atoms with van der Waals surface area (Å²) in [5, 5.41) is 0. The van der Waals surface area contributed by atoms with E-state index >= 15 is 0 Å². The average Bonchev–Trinajstić information content (AvgIpc) is 2.04. The molecule has 0 spiro atoms. The molecule has 0 aliphatic rings. The fourth-order valence-electron chi connectivity index (χ4n) is 1.25. The Morgan fingerprint density at radius 2 is 1.15 bits per heavy atom. The summed E-state index contributed by atoms with van der Waals surface area (Å²) in [6, 6.07) is 0. The minimum absolute atomic E-state index is 0. The zero-order chi connectivity index (χ0) is 9.14. The molecule has 13 heavy (non-hydrogen) atoms. The molecule has 74 valence electrons. The molecular formula is C11H20N2. The van der Waals surface area contributed by atoms with E-state index in [0.29, 0.717) is 11.8 Å². The van der Waals surface area contributed by atoms with Gasteiger partial charge in [-0.1, -0.05) is 35.1 Å². The van der Waals surface area contributed by atoms with Crippen molar-refractivity contribution in [2.75, 3.05) is 0 Å². The van der Waals surface area contributed by atoms with Gasteiger partial charge in [0.25, 0.3) is 0 Å². The minimum Gasteiger partial charge on any atom is -0.258 e. The average molecular weight is 180 g/mol. The van der Waals surface area contributed by atoms with Gasteiger partial charge in [-0.05, 0) is 11.8 Å². The third-order valence-electron chi connectivity index (χ3n) is 1.85. The van der Waals surface area contributed by atoms with Gasteiger partial charge in [0.1, 0.15) is 0 Å². The van der Waals surface area contributed by atoms with Crippen LogP contribution in [0.1, 0.15) is 58.3 Å². The molecule has 0 radical (unpaired) electrons. The van der Waals surface area contributed by atoms with Crippen LogP contribution in [0.2, 0.25) is 0 Å². The predicted molar refractivity (Wildman–Crippen MR) is 56.9 cm³/mol. The SMILES string of the molecule is C.CC(C)c1nccnc1C(C)C. The molecule has 2 nitrogen and oxygen atoms in total. The zero-order valence-electron chi connectivity index (χ0n) is 8.20. The number of aromatic nitrogens is 2. The van der Waals surface area contributed by atoms with Crippen LogP contribution < -0.4 is 0 Å². The van der Waals surface area contributed by atoms with Gasteiger partial charge in [0.15, 0.2) is 0 Å². The molecule has 1 rings (SSSR count). The van der Waals surface area contributed by atoms with Crippen molar-refractivity contribution in [1.82, 2.24) is 9.97 Å². The third-order valence-corrected chi connectivity index (χ3v) is 1.85. The number of rotatable bonds is 2. The highest BCUT2D eigenvalue weighted by Gasteiger charge is 2.11. The van der Waals surface area contributed by atoms with E-state index in [4.69, 9.17) is 0 Å². The molecule has 0 bridgehead atoms. The Morgan fingerprint density at radius 3 is 1.38 bits per heavy atom. The van der Waals surface area contributed by atoms with E-state index in [1.807, 2.05) is 0 Å². The van der Waals surface area contributed by atoms with Crippen LogP contribution in [0.15, 0.2) is 12.4 Å². The summed E-state index contributed by atoms with van der Waals surface area (Å²) < 4.78 is 0. The van der Waals surface area contributed by atoms with Gasteiger partial charge in [0, 0.05) is 12.4 Å². The number of hydrogen-bond acceptors (Lipinski definition) is 2. The van der Waals surface area contributed by atoms with Gasteiger partial charge in [-0.15, -0.1) is 0 Å². The smallest absolute Gasteiger partial charge is 0.0646 e. The van der Waals surface area contributed by atoms with Crippen molar-refractivity contribution >= 4 is 0 Å². The van der Waals surface area contributed by atoms with Crippen molar-refractivity contribution in [2.45, 2.75) is 47.0 Å². The van der Waals surface area contributed by atoms with Gasteiger partial charge in [0.05, 0.1) is 11.4 Å². The Bertz CT molecular complexity index is 227. The summed E-state index contributed by atoms with van der Waals surface area (Å²) in [6.45, 7) is 8.59. The number of nitrogens with zero attached hydrogens (tertiary/aromatic N) is 2. The van der Waals surface area contributed by atoms with Crippen LogP contribution in [0.4, 0.5) is 0 Å². The first kappa shape index (κ1) is 12.1. The standard InChI is InChI=1S/C10H16N2.CH4/c1-7(2)9-10(8(3)4)12-6-5-11-9;/h5-8H,1-4H3;1H4. The first-order valence-corrected chi connectivity index (χ1v) is 4.43. The molecule has 0 unspecified atom stereocenters. The third kappa shape index (κ3) is 2.79. The van der Waals surface area contributed by atoms with Crippen molar-refractivity contribution in [3.8, 4) is 0 Å². The minimum atomic E-state index is 0. The second kappa shape index (κ2) is 4.95. The Balaban J connectivity index is 0.00000144. The van der Waals surface area contributed by atoms with E-state index in [1.54, 1.807) is 12.4 Å². The number of hydrogen-bond donors (Lipinski definition) is 0. The first-order chi connectivity index (χ1) is 5.63. The first-order valence-electron chi connectivity index (χ1n) is 4.43. The highest BCUT2D eigenvalue weighted by molar-refractivity contribution is 5.17. The van der Waals surface area contributed by atoms with E-state index in [2.05, 4.69) is 37.7 Å². The van der Waals surface area contributed by atoms with Crippen molar-refractivity contribution in [1.29, 1.82) is 0 Å². The molecule has 0 aromatic carbocycles. The van der Waals surface area contributed by atoms with E-state index in [-0.39, 0.29) is 7.43 Å². The maximum Gasteiger partial charge on any atom is 0.0646 e. The molecule has 0 saturated carbocycles. The van der Waals surface area contributed by atoms with Gasteiger partial charge in [-0.2, -0.15) is 0 Å². The van der Waals surface area contributed by atoms with E-state index in [9.17, 15) is 0 Å². The molecule has 0 amide bonds. The second-order valence-corrected chi connectivity index (χ2v) is 3.64. The molecule has 1 heterocycles. The van der Waals surface area contributed by atoms with E-state index in [0.717, 1.165) is 11.4 Å². The molecule has 0 aliphatic heterocycles. The van der Waals surface area contributed by atoms with Gasteiger partial charge in [-0.25, -0.2) is 0 Å². The molecule has 0 N–H and O–H groups in total. The van der Waals surface area contributed by atoms with Crippen LogP contribution in [-0.2, 0) is 0 Å². The Labute approximate surface area is 81.4 Å². The molecule has 2 heteroatoms. The Morgan fingerprint density at radius 1 is 0.846 bits per heavy atom. The van der Waals surface area contributed by atoms with Crippen molar-refractivity contribution in [3.05, 3.63) is 23.8 Å². The van der Waals surface area contributed by atoms with E-state index in [1.165, 1.54) is 0 Å². The summed E-state index contributed by atoms with van der Waals surface area (Å²) in [6.07, 6.45) is 3.53. The van der Waals surface area contributed by atoms with Crippen LogP contribution >= 0.6 is 0 Å². The molecule has 0 aliphatic carbocycles. The normalized spacial score (nSPS) is 10.3. The highest BCUT2D eigenvalue weighted by Crippen LogP contribution is 2.20. The molecular weight excluding hydrogens is 160 g/mol. The fraction of sp³-hybridized carbons (Fsp3) is 0.636. The van der Waals surface area contributed by atoms with Gasteiger partial charge in [0.2, 0.25) is 0 Å². The maximum atomic E-state index is 4.34. The van der Waals surface area contributed by atoms with Crippen LogP contribution in [0, 0.1) is 0 Å². The van der Waals surface area contributed by atoms with Crippen LogP contribution in [0.25, 0.3) is 0 Å². The zero-order valence-corrected chi connectivity index (χ0v) is 8.20. The van der Waals surface area contributed by atoms with Crippen LogP contribution in [0.3, 0.4) is 0 Å². The largest absolute Gasteiger partial charge is 0.258 e. The topological polar surface area (TPSA) is 25.8 Å².